The Morgan fingerprint density at radius 1 is 1.30 bits per heavy atom. The van der Waals surface area contributed by atoms with Gasteiger partial charge in [0, 0.05) is 31.2 Å². The van der Waals surface area contributed by atoms with E-state index in [1.165, 1.54) is 23.5 Å². The van der Waals surface area contributed by atoms with Crippen LogP contribution in [0, 0.1) is 13.8 Å². The summed E-state index contributed by atoms with van der Waals surface area (Å²) in [6.45, 7) is 5.93. The molecule has 144 valence electrons. The summed E-state index contributed by atoms with van der Waals surface area (Å²) in [5.41, 5.74) is 9.32. The van der Waals surface area contributed by atoms with Crippen LogP contribution in [0.25, 0.3) is 11.0 Å². The molecule has 0 aliphatic carbocycles. The van der Waals surface area contributed by atoms with E-state index in [1.54, 1.807) is 14.0 Å². The third-order valence-electron chi connectivity index (χ3n) is 4.24. The minimum absolute atomic E-state index is 0.189. The van der Waals surface area contributed by atoms with Gasteiger partial charge in [-0.25, -0.2) is 9.97 Å². The summed E-state index contributed by atoms with van der Waals surface area (Å²) >= 11 is 3.54. The first-order valence-electron chi connectivity index (χ1n) is 8.46. The highest BCUT2D eigenvalue weighted by atomic mass is 79.9. The molecule has 0 bridgehead atoms. The standard InChI is InChI=1S/C13H17BrN2O.C6H7N3O/c1-8(17-4)7-12-15-13-9(2)10(14)5-6-11(13)16(12)3;1-4-2-9-5(3-8-4)6(7)10/h5-6,8H,7H2,1-4H3;2-3H,1H3,(H2,7,10). The zero-order valence-corrected chi connectivity index (χ0v) is 17.7. The van der Waals surface area contributed by atoms with Gasteiger partial charge in [0.15, 0.2) is 0 Å². The van der Waals surface area contributed by atoms with Crippen LogP contribution in [0.5, 0.6) is 0 Å². The monoisotopic (exact) mass is 433 g/mol. The molecule has 0 aliphatic rings. The molecule has 2 N–H and O–H groups in total. The van der Waals surface area contributed by atoms with Crippen LogP contribution in [0.15, 0.2) is 29.0 Å². The molecule has 0 radical (unpaired) electrons. The van der Waals surface area contributed by atoms with Crippen molar-refractivity contribution in [3.8, 4) is 0 Å². The van der Waals surface area contributed by atoms with Gasteiger partial charge in [0.05, 0.1) is 29.0 Å². The number of imidazole rings is 1. The van der Waals surface area contributed by atoms with Crippen molar-refractivity contribution in [1.29, 1.82) is 0 Å². The van der Waals surface area contributed by atoms with Gasteiger partial charge in [-0.2, -0.15) is 0 Å². The number of fused-ring (bicyclic) bond motifs is 1. The lowest BCUT2D eigenvalue weighted by Crippen LogP contribution is -2.13. The van der Waals surface area contributed by atoms with E-state index in [0.717, 1.165) is 27.9 Å². The molecule has 1 amide bonds. The van der Waals surface area contributed by atoms with E-state index >= 15 is 0 Å². The third-order valence-corrected chi connectivity index (χ3v) is 5.10. The second-order valence-electron chi connectivity index (χ2n) is 6.28. The Balaban J connectivity index is 0.000000223. The number of carbonyl (C=O) groups excluding carboxylic acids is 1. The second kappa shape index (κ2) is 9.05. The molecule has 8 heteroatoms. The van der Waals surface area contributed by atoms with Gasteiger partial charge in [-0.05, 0) is 38.5 Å². The number of hydrogen-bond donors (Lipinski definition) is 1. The number of rotatable bonds is 4. The van der Waals surface area contributed by atoms with Gasteiger partial charge < -0.3 is 15.0 Å². The number of methoxy groups -OCH3 is 1. The van der Waals surface area contributed by atoms with Gasteiger partial charge in [0.2, 0.25) is 0 Å². The van der Waals surface area contributed by atoms with E-state index in [0.29, 0.717) is 0 Å². The van der Waals surface area contributed by atoms with Crippen molar-refractivity contribution in [3.63, 3.8) is 0 Å². The summed E-state index contributed by atoms with van der Waals surface area (Å²) in [4.78, 5) is 22.7. The number of aryl methyl sites for hydroxylation is 3. The van der Waals surface area contributed by atoms with Gasteiger partial charge in [0.25, 0.3) is 5.91 Å². The first kappa shape index (κ1) is 21.0. The zero-order valence-electron chi connectivity index (χ0n) is 16.2. The first-order valence-corrected chi connectivity index (χ1v) is 9.25. The van der Waals surface area contributed by atoms with Crippen molar-refractivity contribution in [2.75, 3.05) is 7.11 Å². The highest BCUT2D eigenvalue weighted by Crippen LogP contribution is 2.26. The smallest absolute Gasteiger partial charge is 0.268 e. The number of nitrogens with two attached hydrogens (primary N) is 1. The summed E-state index contributed by atoms with van der Waals surface area (Å²) in [6.07, 6.45) is 3.88. The number of benzene rings is 1. The van der Waals surface area contributed by atoms with Crippen molar-refractivity contribution >= 4 is 32.9 Å². The molecule has 0 aliphatic heterocycles. The summed E-state index contributed by atoms with van der Waals surface area (Å²) in [6, 6.07) is 4.17. The van der Waals surface area contributed by atoms with E-state index < -0.39 is 5.91 Å². The quantitative estimate of drug-likeness (QED) is 0.681. The highest BCUT2D eigenvalue weighted by molar-refractivity contribution is 9.10. The van der Waals surface area contributed by atoms with Crippen LogP contribution in [0.1, 0.15) is 34.5 Å². The minimum Gasteiger partial charge on any atom is -0.381 e. The largest absolute Gasteiger partial charge is 0.381 e. The molecule has 27 heavy (non-hydrogen) atoms. The molecule has 2 aromatic heterocycles. The highest BCUT2D eigenvalue weighted by Gasteiger charge is 2.13. The average Bonchev–Trinajstić information content (AvgIpc) is 2.95. The lowest BCUT2D eigenvalue weighted by Gasteiger charge is -2.08. The fraction of sp³-hybridized carbons (Fsp3) is 0.368. The van der Waals surface area contributed by atoms with Crippen molar-refractivity contribution in [3.05, 3.63) is 51.8 Å². The molecule has 2 heterocycles. The molecular weight excluding hydrogens is 410 g/mol. The number of halogens is 1. The summed E-state index contributed by atoms with van der Waals surface area (Å²) in [7, 11) is 3.79. The summed E-state index contributed by atoms with van der Waals surface area (Å²) in [5.74, 6) is 0.517. The number of amides is 1. The first-order chi connectivity index (χ1) is 12.7. The van der Waals surface area contributed by atoms with Gasteiger partial charge in [0.1, 0.15) is 11.5 Å². The Labute approximate surface area is 167 Å². The molecule has 3 aromatic rings. The fourth-order valence-corrected chi connectivity index (χ4v) is 2.78. The van der Waals surface area contributed by atoms with Gasteiger partial charge in [-0.3, -0.25) is 9.78 Å². The number of primary amides is 1. The van der Waals surface area contributed by atoms with E-state index in [-0.39, 0.29) is 11.8 Å². The molecule has 1 aromatic carbocycles. The second-order valence-corrected chi connectivity index (χ2v) is 7.14. The summed E-state index contributed by atoms with van der Waals surface area (Å²) in [5, 5.41) is 0. The molecule has 0 fully saturated rings. The van der Waals surface area contributed by atoms with Crippen LogP contribution in [-0.2, 0) is 18.2 Å². The molecular formula is C19H24BrN5O2. The molecule has 3 rings (SSSR count). The van der Waals surface area contributed by atoms with Gasteiger partial charge in [-0.1, -0.05) is 15.9 Å². The predicted octanol–water partition coefficient (Wildman–Crippen LogP) is 3.11. The third kappa shape index (κ3) is 5.11. The van der Waals surface area contributed by atoms with E-state index in [1.807, 2.05) is 0 Å². The fourth-order valence-electron chi connectivity index (χ4n) is 2.46. The molecule has 7 nitrogen and oxygen atoms in total. The lowest BCUT2D eigenvalue weighted by atomic mass is 10.2. The Morgan fingerprint density at radius 3 is 2.56 bits per heavy atom. The Kier molecular flexibility index (Phi) is 7.04. The van der Waals surface area contributed by atoms with Crippen molar-refractivity contribution < 1.29 is 9.53 Å². The van der Waals surface area contributed by atoms with Gasteiger partial charge in [-0.15, -0.1) is 0 Å². The molecule has 0 saturated carbocycles. The normalized spacial score (nSPS) is 11.8. The Hall–Kier alpha value is -2.32. The summed E-state index contributed by atoms with van der Waals surface area (Å²) < 4.78 is 8.55. The van der Waals surface area contributed by atoms with Crippen molar-refractivity contribution in [2.45, 2.75) is 33.3 Å². The van der Waals surface area contributed by atoms with Crippen molar-refractivity contribution in [1.82, 2.24) is 19.5 Å². The molecule has 1 unspecified atom stereocenters. The SMILES string of the molecule is COC(C)Cc1nc2c(C)c(Br)ccc2n1C.Cc1cnc(C(N)=O)cn1. The maximum atomic E-state index is 10.4. The Morgan fingerprint density at radius 2 is 2.00 bits per heavy atom. The van der Waals surface area contributed by atoms with Crippen LogP contribution in [0.2, 0.25) is 0 Å². The topological polar surface area (TPSA) is 95.9 Å². The molecule has 0 spiro atoms. The van der Waals surface area contributed by atoms with Crippen molar-refractivity contribution in [2.24, 2.45) is 12.8 Å². The number of aromatic nitrogens is 4. The number of nitrogens with zero attached hydrogens (tertiary/aromatic N) is 4. The van der Waals surface area contributed by atoms with Crippen LogP contribution in [-0.4, -0.2) is 38.6 Å². The van der Waals surface area contributed by atoms with E-state index in [9.17, 15) is 4.79 Å². The van der Waals surface area contributed by atoms with Crippen LogP contribution < -0.4 is 5.73 Å². The average molecular weight is 434 g/mol. The number of ether oxygens (including phenoxy) is 1. The van der Waals surface area contributed by atoms with Crippen LogP contribution in [0.3, 0.4) is 0 Å². The van der Waals surface area contributed by atoms with Crippen LogP contribution >= 0.6 is 15.9 Å². The zero-order chi connectivity index (χ0) is 20.1. The minimum atomic E-state index is -0.549. The number of hydrogen-bond acceptors (Lipinski definition) is 5. The van der Waals surface area contributed by atoms with E-state index in [2.05, 4.69) is 63.5 Å². The van der Waals surface area contributed by atoms with Gasteiger partial charge >= 0.3 is 0 Å². The van der Waals surface area contributed by atoms with E-state index in [4.69, 9.17) is 15.5 Å². The lowest BCUT2D eigenvalue weighted by molar-refractivity contribution is 0.0995. The Bertz CT molecular complexity index is 937. The molecule has 0 saturated heterocycles. The number of carbonyl (C=O) groups is 1. The maximum absolute atomic E-state index is 10.4. The molecule has 1 atom stereocenters. The van der Waals surface area contributed by atoms with Crippen LogP contribution in [0.4, 0.5) is 0 Å². The predicted molar refractivity (Wildman–Crippen MR) is 109 cm³/mol. The maximum Gasteiger partial charge on any atom is 0.268 e.